The van der Waals surface area contributed by atoms with Crippen molar-refractivity contribution < 1.29 is 9.26 Å². The molecule has 0 amide bonds. The lowest BCUT2D eigenvalue weighted by Crippen LogP contribution is -2.37. The first kappa shape index (κ1) is 11.9. The fraction of sp³-hybridized carbons (Fsp3) is 0.833. The molecule has 18 heavy (non-hydrogen) atoms. The van der Waals surface area contributed by atoms with Crippen LogP contribution in [0.15, 0.2) is 4.52 Å². The van der Waals surface area contributed by atoms with E-state index in [0.29, 0.717) is 12.0 Å². The Kier molecular flexibility index (Phi) is 3.47. The van der Waals surface area contributed by atoms with Gasteiger partial charge in [-0.1, -0.05) is 6.42 Å². The maximum absolute atomic E-state index is 5.45. The first-order valence-corrected chi connectivity index (χ1v) is 6.72. The minimum Gasteiger partial charge on any atom is -0.378 e. The third-order valence-electron chi connectivity index (χ3n) is 3.93. The van der Waals surface area contributed by atoms with E-state index in [-0.39, 0.29) is 0 Å². The molecule has 0 radical (unpaired) electrons. The second kappa shape index (κ2) is 5.24. The van der Waals surface area contributed by atoms with Gasteiger partial charge in [0, 0.05) is 19.1 Å². The van der Waals surface area contributed by atoms with Crippen molar-refractivity contribution in [1.82, 2.24) is 15.5 Å². The fourth-order valence-electron chi connectivity index (χ4n) is 2.87. The van der Waals surface area contributed by atoms with Gasteiger partial charge in [0.05, 0.1) is 19.1 Å². The summed E-state index contributed by atoms with van der Waals surface area (Å²) in [4.78, 5) is 6.69. The van der Waals surface area contributed by atoms with Crippen LogP contribution in [-0.4, -0.2) is 49.5 Å². The summed E-state index contributed by atoms with van der Waals surface area (Å²) in [7, 11) is 2.00. The number of hydrogen-bond acceptors (Lipinski definition) is 6. The zero-order valence-electron chi connectivity index (χ0n) is 10.8. The van der Waals surface area contributed by atoms with E-state index in [4.69, 9.17) is 9.26 Å². The maximum Gasteiger partial charge on any atom is 0.266 e. The van der Waals surface area contributed by atoms with Gasteiger partial charge < -0.3 is 19.5 Å². The zero-order chi connectivity index (χ0) is 12.4. The molecule has 2 aliphatic rings. The third kappa shape index (κ3) is 2.22. The lowest BCUT2D eigenvalue weighted by molar-refractivity contribution is 0.121. The highest BCUT2D eigenvalue weighted by atomic mass is 16.5. The molecule has 6 nitrogen and oxygen atoms in total. The molecule has 1 saturated heterocycles. The Balaban J connectivity index is 1.72. The van der Waals surface area contributed by atoms with Crippen LogP contribution < -0.4 is 10.2 Å². The summed E-state index contributed by atoms with van der Waals surface area (Å²) >= 11 is 0. The third-order valence-corrected chi connectivity index (χ3v) is 3.93. The summed E-state index contributed by atoms with van der Waals surface area (Å²) in [6.45, 7) is 3.18. The van der Waals surface area contributed by atoms with Crippen LogP contribution in [0, 0.1) is 0 Å². The van der Waals surface area contributed by atoms with Crippen LogP contribution in [0.2, 0.25) is 0 Å². The van der Waals surface area contributed by atoms with Crippen LogP contribution in [-0.2, 0) is 4.74 Å². The number of nitrogens with zero attached hydrogens (tertiary/aromatic N) is 3. The van der Waals surface area contributed by atoms with Crippen LogP contribution in [0.5, 0.6) is 0 Å². The summed E-state index contributed by atoms with van der Waals surface area (Å²) < 4.78 is 10.8. The van der Waals surface area contributed by atoms with Crippen molar-refractivity contribution in [3.05, 3.63) is 5.89 Å². The van der Waals surface area contributed by atoms with Gasteiger partial charge in [-0.15, -0.1) is 0 Å². The molecule has 0 spiro atoms. The Labute approximate surface area is 107 Å². The molecular weight excluding hydrogens is 232 g/mol. The maximum atomic E-state index is 5.45. The largest absolute Gasteiger partial charge is 0.378 e. The van der Waals surface area contributed by atoms with Gasteiger partial charge in [0.1, 0.15) is 0 Å². The number of hydrogen-bond donors (Lipinski definition) is 1. The molecule has 2 fully saturated rings. The van der Waals surface area contributed by atoms with Crippen molar-refractivity contribution >= 4 is 5.95 Å². The van der Waals surface area contributed by atoms with E-state index in [2.05, 4.69) is 20.4 Å². The molecule has 2 atom stereocenters. The van der Waals surface area contributed by atoms with Crippen LogP contribution >= 0.6 is 0 Å². The number of nitrogens with one attached hydrogen (secondary N) is 1. The predicted molar refractivity (Wildman–Crippen MR) is 66.8 cm³/mol. The lowest BCUT2D eigenvalue weighted by atomic mass is 10.0. The summed E-state index contributed by atoms with van der Waals surface area (Å²) in [6.07, 6.45) is 3.55. The van der Waals surface area contributed by atoms with Crippen molar-refractivity contribution in [3.8, 4) is 0 Å². The fourth-order valence-corrected chi connectivity index (χ4v) is 2.87. The molecule has 1 aromatic rings. The smallest absolute Gasteiger partial charge is 0.266 e. The van der Waals surface area contributed by atoms with Crippen LogP contribution in [0.3, 0.4) is 0 Å². The van der Waals surface area contributed by atoms with Gasteiger partial charge >= 0.3 is 0 Å². The summed E-state index contributed by atoms with van der Waals surface area (Å²) in [6, 6.07) is 0.475. The topological polar surface area (TPSA) is 63.4 Å². The number of aromatic nitrogens is 2. The van der Waals surface area contributed by atoms with Gasteiger partial charge in [0.2, 0.25) is 5.89 Å². The normalized spacial score (nSPS) is 28.8. The van der Waals surface area contributed by atoms with Gasteiger partial charge in [0.25, 0.3) is 5.95 Å². The molecule has 100 valence electrons. The second-order valence-corrected chi connectivity index (χ2v) is 4.96. The van der Waals surface area contributed by atoms with Gasteiger partial charge in [0.15, 0.2) is 0 Å². The summed E-state index contributed by atoms with van der Waals surface area (Å²) in [5, 5.41) is 7.45. The van der Waals surface area contributed by atoms with E-state index in [1.54, 1.807) is 0 Å². The molecule has 1 aromatic heterocycles. The van der Waals surface area contributed by atoms with Crippen LogP contribution in [0.1, 0.15) is 31.1 Å². The van der Waals surface area contributed by atoms with Crippen molar-refractivity contribution in [3.63, 3.8) is 0 Å². The van der Waals surface area contributed by atoms with E-state index < -0.39 is 0 Å². The monoisotopic (exact) mass is 252 g/mol. The van der Waals surface area contributed by atoms with Gasteiger partial charge in [-0.05, 0) is 25.0 Å². The van der Waals surface area contributed by atoms with Gasteiger partial charge in [-0.25, -0.2) is 0 Å². The summed E-state index contributed by atoms with van der Waals surface area (Å²) in [5.41, 5.74) is 0. The SMILES string of the molecule is CNC1CCCC1c1nc(N2CCOCC2)no1. The number of morpholine rings is 1. The van der Waals surface area contributed by atoms with E-state index in [9.17, 15) is 0 Å². The van der Waals surface area contributed by atoms with E-state index >= 15 is 0 Å². The van der Waals surface area contributed by atoms with Crippen molar-refractivity contribution in [1.29, 1.82) is 0 Å². The first-order valence-electron chi connectivity index (χ1n) is 6.72. The molecule has 6 heteroatoms. The molecule has 2 unspecified atom stereocenters. The molecule has 0 bridgehead atoms. The van der Waals surface area contributed by atoms with E-state index in [1.807, 2.05) is 7.05 Å². The predicted octanol–water partition coefficient (Wildman–Crippen LogP) is 0.762. The molecule has 0 aromatic carbocycles. The Morgan fingerprint density at radius 3 is 2.89 bits per heavy atom. The molecule has 1 saturated carbocycles. The minimum atomic E-state index is 0.372. The highest BCUT2D eigenvalue weighted by Gasteiger charge is 2.32. The van der Waals surface area contributed by atoms with Crippen LogP contribution in [0.4, 0.5) is 5.95 Å². The minimum absolute atomic E-state index is 0.372. The number of ether oxygens (including phenoxy) is 1. The average Bonchev–Trinajstić information content (AvgIpc) is 3.08. The Morgan fingerprint density at radius 1 is 1.28 bits per heavy atom. The lowest BCUT2D eigenvalue weighted by Gasteiger charge is -2.24. The van der Waals surface area contributed by atoms with Crippen molar-refractivity contribution in [2.75, 3.05) is 38.3 Å². The molecule has 1 N–H and O–H groups in total. The Morgan fingerprint density at radius 2 is 2.11 bits per heavy atom. The number of rotatable bonds is 3. The molecule has 1 aliphatic carbocycles. The highest BCUT2D eigenvalue weighted by molar-refractivity contribution is 5.28. The Bertz CT molecular complexity index is 389. The van der Waals surface area contributed by atoms with Crippen molar-refractivity contribution in [2.45, 2.75) is 31.2 Å². The first-order chi connectivity index (χ1) is 8.88. The standard InChI is InChI=1S/C12H20N4O2/c1-13-10-4-2-3-9(10)11-14-12(15-18-11)16-5-7-17-8-6-16/h9-10,13H,2-8H2,1H3. The second-order valence-electron chi connectivity index (χ2n) is 4.96. The molecular formula is C12H20N4O2. The van der Waals surface area contributed by atoms with Gasteiger partial charge in [-0.3, -0.25) is 0 Å². The molecule has 3 rings (SSSR count). The quantitative estimate of drug-likeness (QED) is 0.857. The number of anilines is 1. The van der Waals surface area contributed by atoms with Gasteiger partial charge in [-0.2, -0.15) is 4.98 Å². The molecule has 2 heterocycles. The van der Waals surface area contributed by atoms with Crippen LogP contribution in [0.25, 0.3) is 0 Å². The average molecular weight is 252 g/mol. The zero-order valence-corrected chi connectivity index (χ0v) is 10.8. The van der Waals surface area contributed by atoms with E-state index in [0.717, 1.165) is 44.6 Å². The Hall–Kier alpha value is -1.14. The van der Waals surface area contributed by atoms with E-state index in [1.165, 1.54) is 12.8 Å². The highest BCUT2D eigenvalue weighted by Crippen LogP contribution is 2.34. The summed E-state index contributed by atoms with van der Waals surface area (Å²) in [5.74, 6) is 1.88. The van der Waals surface area contributed by atoms with Crippen molar-refractivity contribution in [2.24, 2.45) is 0 Å². The number of likely N-dealkylation sites (N-methyl/N-ethyl adjacent to an activating group) is 1. The molecule has 1 aliphatic heterocycles.